The van der Waals surface area contributed by atoms with E-state index in [2.05, 4.69) is 15.4 Å². The van der Waals surface area contributed by atoms with Gasteiger partial charge in [-0.05, 0) is 31.2 Å². The molecule has 1 saturated heterocycles. The maximum Gasteiger partial charge on any atom is 0.230 e. The molecule has 3 heterocycles. The Kier molecular flexibility index (Phi) is 5.70. The van der Waals surface area contributed by atoms with Crippen molar-refractivity contribution in [1.29, 1.82) is 0 Å². The van der Waals surface area contributed by atoms with E-state index in [1.165, 1.54) is 11.3 Å². The summed E-state index contributed by atoms with van der Waals surface area (Å²) in [5.74, 6) is -0.182. The number of aromatic nitrogens is 3. The smallest absolute Gasteiger partial charge is 0.230 e. The van der Waals surface area contributed by atoms with Crippen LogP contribution in [0.4, 0.5) is 11.5 Å². The average Bonchev–Trinajstić information content (AvgIpc) is 3.53. The molecule has 1 N–H and O–H groups in total. The Labute approximate surface area is 199 Å². The van der Waals surface area contributed by atoms with Crippen molar-refractivity contribution in [3.05, 3.63) is 76.8 Å². The number of hydrogen-bond donors (Lipinski definition) is 1. The summed E-state index contributed by atoms with van der Waals surface area (Å²) in [6.45, 7) is 2.20. The highest BCUT2D eigenvalue weighted by Gasteiger charge is 2.35. The molecule has 2 aromatic carbocycles. The molecule has 0 radical (unpaired) electrons. The van der Waals surface area contributed by atoms with E-state index in [0.29, 0.717) is 22.5 Å². The van der Waals surface area contributed by atoms with Gasteiger partial charge in [0.15, 0.2) is 0 Å². The van der Waals surface area contributed by atoms with Gasteiger partial charge in [-0.25, -0.2) is 4.98 Å². The van der Waals surface area contributed by atoms with E-state index in [-0.39, 0.29) is 18.2 Å². The zero-order valence-electron chi connectivity index (χ0n) is 17.7. The number of thiazole rings is 1. The Hall–Kier alpha value is -3.49. The van der Waals surface area contributed by atoms with Crippen molar-refractivity contribution in [1.82, 2.24) is 14.8 Å². The number of rotatable bonds is 5. The summed E-state index contributed by atoms with van der Waals surface area (Å²) in [6.07, 6.45) is 0.172. The summed E-state index contributed by atoms with van der Waals surface area (Å²) in [5, 5.41) is 10.7. The topological polar surface area (TPSA) is 80.1 Å². The zero-order chi connectivity index (χ0) is 22.9. The molecule has 9 heteroatoms. The zero-order valence-corrected chi connectivity index (χ0v) is 19.3. The van der Waals surface area contributed by atoms with Crippen LogP contribution in [0.2, 0.25) is 5.02 Å². The first-order valence-electron chi connectivity index (χ1n) is 10.4. The molecule has 0 bridgehead atoms. The van der Waals surface area contributed by atoms with Crippen LogP contribution in [0.1, 0.15) is 12.1 Å². The molecule has 33 heavy (non-hydrogen) atoms. The molecule has 7 nitrogen and oxygen atoms in total. The van der Waals surface area contributed by atoms with Crippen LogP contribution < -0.4 is 10.2 Å². The quantitative estimate of drug-likeness (QED) is 0.441. The number of halogens is 1. The fraction of sp³-hybridized carbons (Fsp3) is 0.167. The molecule has 0 spiro atoms. The molecule has 1 aliphatic rings. The molecule has 0 aliphatic carbocycles. The largest absolute Gasteiger partial charge is 0.312 e. The van der Waals surface area contributed by atoms with Crippen molar-refractivity contribution in [3.63, 3.8) is 0 Å². The van der Waals surface area contributed by atoms with Gasteiger partial charge in [0.1, 0.15) is 5.82 Å². The minimum atomic E-state index is -0.442. The molecular formula is C24H20ClN5O2S. The Morgan fingerprint density at radius 3 is 2.67 bits per heavy atom. The Morgan fingerprint density at radius 2 is 1.91 bits per heavy atom. The van der Waals surface area contributed by atoms with Crippen LogP contribution in [0.5, 0.6) is 0 Å². The standard InChI is InChI=1S/C24H20ClN5O2S/c1-15-11-21(27-23(32)17-12-22(31)29(13-17)19-5-3-2-4-6-19)30(28-15)24-26-20(14-33-24)16-7-9-18(25)10-8-16/h2-11,14,17H,12-13H2,1H3,(H,27,32). The van der Waals surface area contributed by atoms with Crippen molar-refractivity contribution in [3.8, 4) is 16.4 Å². The number of para-hydroxylation sites is 1. The summed E-state index contributed by atoms with van der Waals surface area (Å²) in [5.41, 5.74) is 3.30. The minimum absolute atomic E-state index is 0.0569. The van der Waals surface area contributed by atoms with Crippen molar-refractivity contribution in [2.24, 2.45) is 5.92 Å². The first-order valence-corrected chi connectivity index (χ1v) is 11.7. The lowest BCUT2D eigenvalue weighted by Gasteiger charge is -2.16. The molecule has 1 aliphatic heterocycles. The third kappa shape index (κ3) is 4.40. The van der Waals surface area contributed by atoms with E-state index in [4.69, 9.17) is 11.6 Å². The maximum absolute atomic E-state index is 13.0. The van der Waals surface area contributed by atoms with Crippen LogP contribution in [-0.4, -0.2) is 33.1 Å². The lowest BCUT2D eigenvalue weighted by Crippen LogP contribution is -2.28. The first-order chi connectivity index (χ1) is 16.0. The first kappa shape index (κ1) is 21.4. The molecule has 1 atom stereocenters. The van der Waals surface area contributed by atoms with Crippen LogP contribution in [0.25, 0.3) is 16.4 Å². The van der Waals surface area contributed by atoms with E-state index in [1.54, 1.807) is 15.6 Å². The van der Waals surface area contributed by atoms with Gasteiger partial charge in [0, 0.05) is 40.7 Å². The molecule has 1 fully saturated rings. The second-order valence-corrected chi connectivity index (χ2v) is 9.11. The Morgan fingerprint density at radius 1 is 1.15 bits per heavy atom. The predicted molar refractivity (Wildman–Crippen MR) is 130 cm³/mol. The van der Waals surface area contributed by atoms with E-state index in [9.17, 15) is 9.59 Å². The highest BCUT2D eigenvalue weighted by molar-refractivity contribution is 7.12. The number of carbonyl (C=O) groups is 2. The third-order valence-electron chi connectivity index (χ3n) is 5.46. The Bertz CT molecular complexity index is 1320. The molecule has 0 saturated carbocycles. The lowest BCUT2D eigenvalue weighted by atomic mass is 10.1. The molecule has 1 unspecified atom stereocenters. The molecule has 4 aromatic rings. The number of aryl methyl sites for hydroxylation is 1. The van der Waals surface area contributed by atoms with Crippen molar-refractivity contribution >= 4 is 46.3 Å². The summed E-state index contributed by atoms with van der Waals surface area (Å²) in [6, 6.07) is 18.7. The number of carbonyl (C=O) groups excluding carboxylic acids is 2. The summed E-state index contributed by atoms with van der Waals surface area (Å²) >= 11 is 7.41. The molecule has 5 rings (SSSR count). The highest BCUT2D eigenvalue weighted by atomic mass is 35.5. The van der Waals surface area contributed by atoms with Gasteiger partial charge >= 0.3 is 0 Å². The van der Waals surface area contributed by atoms with E-state index in [0.717, 1.165) is 22.6 Å². The summed E-state index contributed by atoms with van der Waals surface area (Å²) < 4.78 is 1.63. The molecule has 2 amide bonds. The monoisotopic (exact) mass is 477 g/mol. The second-order valence-electron chi connectivity index (χ2n) is 7.84. The van der Waals surface area contributed by atoms with Crippen molar-refractivity contribution in [2.75, 3.05) is 16.8 Å². The number of hydrogen-bond acceptors (Lipinski definition) is 5. The normalized spacial score (nSPS) is 15.8. The maximum atomic E-state index is 13.0. The van der Waals surface area contributed by atoms with Crippen molar-refractivity contribution in [2.45, 2.75) is 13.3 Å². The number of benzene rings is 2. The lowest BCUT2D eigenvalue weighted by molar-refractivity contribution is -0.122. The fourth-order valence-corrected chi connectivity index (χ4v) is 4.74. The van der Waals surface area contributed by atoms with Gasteiger partial charge in [0.25, 0.3) is 0 Å². The highest BCUT2D eigenvalue weighted by Crippen LogP contribution is 2.29. The molecule has 2 aromatic heterocycles. The van der Waals surface area contributed by atoms with Crippen LogP contribution >= 0.6 is 22.9 Å². The summed E-state index contributed by atoms with van der Waals surface area (Å²) in [7, 11) is 0. The van der Waals surface area contributed by atoms with E-state index < -0.39 is 5.92 Å². The van der Waals surface area contributed by atoms with Gasteiger partial charge in [-0.2, -0.15) is 9.78 Å². The van der Waals surface area contributed by atoms with Crippen LogP contribution in [0.3, 0.4) is 0 Å². The summed E-state index contributed by atoms with van der Waals surface area (Å²) in [4.78, 5) is 31.9. The third-order valence-corrected chi connectivity index (χ3v) is 6.53. The van der Waals surface area contributed by atoms with Crippen molar-refractivity contribution < 1.29 is 9.59 Å². The van der Waals surface area contributed by atoms with Gasteiger partial charge in [-0.3, -0.25) is 9.59 Å². The average molecular weight is 478 g/mol. The van der Waals surface area contributed by atoms with Gasteiger partial charge in [0.2, 0.25) is 16.9 Å². The van der Waals surface area contributed by atoms with Crippen LogP contribution in [0.15, 0.2) is 66.0 Å². The SMILES string of the molecule is Cc1cc(NC(=O)C2CC(=O)N(c3ccccc3)C2)n(-c2nc(-c3ccc(Cl)cc3)cs2)n1. The number of amides is 2. The van der Waals surface area contributed by atoms with Gasteiger partial charge in [-0.15, -0.1) is 11.3 Å². The predicted octanol–water partition coefficient (Wildman–Crippen LogP) is 4.95. The van der Waals surface area contributed by atoms with E-state index in [1.807, 2.05) is 66.9 Å². The number of nitrogens with zero attached hydrogens (tertiary/aromatic N) is 4. The number of nitrogens with one attached hydrogen (secondary N) is 1. The molecule has 166 valence electrons. The fourth-order valence-electron chi connectivity index (χ4n) is 3.82. The van der Waals surface area contributed by atoms with Gasteiger partial charge in [-0.1, -0.05) is 41.9 Å². The Balaban J connectivity index is 1.34. The van der Waals surface area contributed by atoms with E-state index >= 15 is 0 Å². The molecular weight excluding hydrogens is 458 g/mol. The van der Waals surface area contributed by atoms with Gasteiger partial charge < -0.3 is 10.2 Å². The van der Waals surface area contributed by atoms with Crippen LogP contribution in [0, 0.1) is 12.8 Å². The second kappa shape index (κ2) is 8.80. The number of anilines is 2. The van der Waals surface area contributed by atoms with Gasteiger partial charge in [0.05, 0.1) is 17.3 Å². The van der Waals surface area contributed by atoms with Crippen LogP contribution in [-0.2, 0) is 9.59 Å². The minimum Gasteiger partial charge on any atom is -0.312 e.